The second-order valence-corrected chi connectivity index (χ2v) is 3.94. The van der Waals surface area contributed by atoms with Gasteiger partial charge in [0, 0.05) is 6.04 Å². The van der Waals surface area contributed by atoms with Crippen LogP contribution in [0.25, 0.3) is 11.0 Å². The Morgan fingerprint density at radius 2 is 2.14 bits per heavy atom. The van der Waals surface area contributed by atoms with E-state index in [1.165, 1.54) is 0 Å². The molecule has 0 saturated heterocycles. The molecule has 0 fully saturated rings. The molecule has 0 atom stereocenters. The number of nitrogens with zero attached hydrogens (tertiary/aromatic N) is 1. The highest BCUT2D eigenvalue weighted by Gasteiger charge is 2.10. The first-order valence-electron chi connectivity index (χ1n) is 4.50. The number of nitrogens with one attached hydrogen (secondary N) is 1. The number of aromatic amines is 1. The number of fused-ring (bicyclic) bond motifs is 1. The van der Waals surface area contributed by atoms with Crippen LogP contribution in [0.4, 0.5) is 0 Å². The second-order valence-electron chi connectivity index (χ2n) is 3.53. The van der Waals surface area contributed by atoms with Gasteiger partial charge in [0.2, 0.25) is 0 Å². The van der Waals surface area contributed by atoms with Crippen LogP contribution in [-0.2, 0) is 0 Å². The fourth-order valence-electron chi connectivity index (χ4n) is 1.63. The van der Waals surface area contributed by atoms with Crippen LogP contribution in [0.5, 0.6) is 0 Å². The molecule has 3 nitrogen and oxygen atoms in total. The van der Waals surface area contributed by atoms with Gasteiger partial charge in [0.25, 0.3) is 0 Å². The summed E-state index contributed by atoms with van der Waals surface area (Å²) in [6, 6.07) is 5.63. The number of hydrogen-bond acceptors (Lipinski definition) is 1. The Labute approximate surface area is 86.3 Å². The Kier molecular flexibility index (Phi) is 2.11. The fraction of sp³-hybridized carbons (Fsp3) is 0.300. The molecule has 74 valence electrons. The van der Waals surface area contributed by atoms with Gasteiger partial charge in [-0.2, -0.15) is 0 Å². The van der Waals surface area contributed by atoms with Gasteiger partial charge in [-0.25, -0.2) is 4.79 Å². The van der Waals surface area contributed by atoms with Crippen molar-refractivity contribution in [2.24, 2.45) is 0 Å². The predicted octanol–water partition coefficient (Wildman–Crippen LogP) is 2.56. The molecule has 0 aliphatic heterocycles. The number of para-hydroxylation sites is 1. The maximum Gasteiger partial charge on any atom is 0.326 e. The van der Waals surface area contributed by atoms with Crippen LogP contribution in [0.15, 0.2) is 23.0 Å². The average Bonchev–Trinajstić information content (AvgIpc) is 2.42. The van der Waals surface area contributed by atoms with Gasteiger partial charge in [-0.1, -0.05) is 17.7 Å². The van der Waals surface area contributed by atoms with Crippen LogP contribution in [0, 0.1) is 0 Å². The van der Waals surface area contributed by atoms with E-state index in [1.54, 1.807) is 10.6 Å². The quantitative estimate of drug-likeness (QED) is 0.772. The van der Waals surface area contributed by atoms with Gasteiger partial charge < -0.3 is 4.98 Å². The normalized spacial score (nSPS) is 11.4. The zero-order valence-corrected chi connectivity index (χ0v) is 8.80. The van der Waals surface area contributed by atoms with Gasteiger partial charge in [0.15, 0.2) is 0 Å². The highest BCUT2D eigenvalue weighted by molar-refractivity contribution is 6.34. The zero-order valence-electron chi connectivity index (χ0n) is 8.04. The van der Waals surface area contributed by atoms with Crippen molar-refractivity contribution < 1.29 is 0 Å². The SMILES string of the molecule is CC(C)n1c(=O)[nH]c2c(Cl)cccc21. The summed E-state index contributed by atoms with van der Waals surface area (Å²) in [5.74, 6) is 0. The van der Waals surface area contributed by atoms with Gasteiger partial charge in [0.05, 0.1) is 16.1 Å². The van der Waals surface area contributed by atoms with E-state index in [-0.39, 0.29) is 11.7 Å². The van der Waals surface area contributed by atoms with Gasteiger partial charge in [0.1, 0.15) is 0 Å². The minimum absolute atomic E-state index is 0.108. The average molecular weight is 211 g/mol. The molecule has 2 rings (SSSR count). The van der Waals surface area contributed by atoms with E-state index in [1.807, 2.05) is 26.0 Å². The summed E-state index contributed by atoms with van der Waals surface area (Å²) >= 11 is 5.96. The van der Waals surface area contributed by atoms with Crippen LogP contribution in [0.1, 0.15) is 19.9 Å². The Hall–Kier alpha value is -1.22. The number of aromatic nitrogens is 2. The van der Waals surface area contributed by atoms with Gasteiger partial charge in [-0.3, -0.25) is 4.57 Å². The van der Waals surface area contributed by atoms with Crippen LogP contribution in [0.2, 0.25) is 5.02 Å². The summed E-state index contributed by atoms with van der Waals surface area (Å²) in [5, 5.41) is 0.582. The first-order chi connectivity index (χ1) is 6.61. The standard InChI is InChI=1S/C10H11ClN2O/c1-6(2)13-8-5-3-4-7(11)9(8)12-10(13)14/h3-6H,1-2H3,(H,12,14). The molecule has 4 heteroatoms. The van der Waals surface area contributed by atoms with Gasteiger partial charge >= 0.3 is 5.69 Å². The third-order valence-corrected chi connectivity index (χ3v) is 2.53. The van der Waals surface area contributed by atoms with Crippen molar-refractivity contribution in [1.29, 1.82) is 0 Å². The first kappa shape index (κ1) is 9.34. The number of benzene rings is 1. The molecule has 0 amide bonds. The molecule has 0 unspecified atom stereocenters. The van der Waals surface area contributed by atoms with Crippen molar-refractivity contribution in [3.63, 3.8) is 0 Å². The third kappa shape index (κ3) is 1.24. The summed E-state index contributed by atoms with van der Waals surface area (Å²) in [7, 11) is 0. The van der Waals surface area contributed by atoms with Crippen molar-refractivity contribution in [2.75, 3.05) is 0 Å². The number of halogens is 1. The minimum Gasteiger partial charge on any atom is -0.304 e. The maximum absolute atomic E-state index is 11.6. The summed E-state index contributed by atoms with van der Waals surface area (Å²) in [4.78, 5) is 14.3. The molecule has 1 aromatic carbocycles. The zero-order chi connectivity index (χ0) is 10.3. The highest BCUT2D eigenvalue weighted by atomic mass is 35.5. The molecule has 0 aliphatic carbocycles. The van der Waals surface area contributed by atoms with E-state index >= 15 is 0 Å². The fourth-order valence-corrected chi connectivity index (χ4v) is 1.84. The molecule has 1 heterocycles. The lowest BCUT2D eigenvalue weighted by atomic mass is 10.3. The third-order valence-electron chi connectivity index (χ3n) is 2.22. The van der Waals surface area contributed by atoms with E-state index in [9.17, 15) is 4.79 Å². The Balaban J connectivity index is 2.91. The molecule has 0 saturated carbocycles. The van der Waals surface area contributed by atoms with Crippen molar-refractivity contribution in [2.45, 2.75) is 19.9 Å². The molecule has 0 spiro atoms. The molecule has 0 bridgehead atoms. The van der Waals surface area contributed by atoms with Gasteiger partial charge in [-0.05, 0) is 26.0 Å². The minimum atomic E-state index is -0.108. The molecular weight excluding hydrogens is 200 g/mol. The Bertz CT molecular complexity index is 524. The largest absolute Gasteiger partial charge is 0.326 e. The van der Waals surface area contributed by atoms with Crippen LogP contribution < -0.4 is 5.69 Å². The van der Waals surface area contributed by atoms with E-state index in [0.717, 1.165) is 5.52 Å². The topological polar surface area (TPSA) is 37.8 Å². The summed E-state index contributed by atoms with van der Waals surface area (Å²) in [5.41, 5.74) is 1.47. The van der Waals surface area contributed by atoms with Crippen LogP contribution >= 0.6 is 11.6 Å². The van der Waals surface area contributed by atoms with Crippen molar-refractivity contribution >= 4 is 22.6 Å². The molecule has 1 N–H and O–H groups in total. The number of H-pyrrole nitrogens is 1. The maximum atomic E-state index is 11.6. The van der Waals surface area contributed by atoms with E-state index < -0.39 is 0 Å². The smallest absolute Gasteiger partial charge is 0.304 e. The van der Waals surface area contributed by atoms with E-state index in [4.69, 9.17) is 11.6 Å². The number of imidazole rings is 1. The van der Waals surface area contributed by atoms with Crippen LogP contribution in [0.3, 0.4) is 0 Å². The summed E-state index contributed by atoms with van der Waals surface area (Å²) in [6.07, 6.45) is 0. The van der Waals surface area contributed by atoms with Crippen LogP contribution in [-0.4, -0.2) is 9.55 Å². The molecular formula is C10H11ClN2O. The van der Waals surface area contributed by atoms with Crippen molar-refractivity contribution in [3.05, 3.63) is 33.7 Å². The summed E-state index contributed by atoms with van der Waals surface area (Å²) < 4.78 is 1.70. The first-order valence-corrected chi connectivity index (χ1v) is 4.88. The molecule has 14 heavy (non-hydrogen) atoms. The molecule has 1 aromatic heterocycles. The van der Waals surface area contributed by atoms with Gasteiger partial charge in [-0.15, -0.1) is 0 Å². The lowest BCUT2D eigenvalue weighted by molar-refractivity contribution is 0.598. The summed E-state index contributed by atoms with van der Waals surface area (Å²) in [6.45, 7) is 3.94. The van der Waals surface area contributed by atoms with Crippen molar-refractivity contribution in [1.82, 2.24) is 9.55 Å². The van der Waals surface area contributed by atoms with Crippen molar-refractivity contribution in [3.8, 4) is 0 Å². The highest BCUT2D eigenvalue weighted by Crippen LogP contribution is 2.21. The Morgan fingerprint density at radius 3 is 2.79 bits per heavy atom. The lowest BCUT2D eigenvalue weighted by Gasteiger charge is -2.06. The van der Waals surface area contributed by atoms with E-state index in [2.05, 4.69) is 4.98 Å². The monoisotopic (exact) mass is 210 g/mol. The molecule has 2 aromatic rings. The lowest BCUT2D eigenvalue weighted by Crippen LogP contribution is -2.18. The number of hydrogen-bond donors (Lipinski definition) is 1. The molecule has 0 aliphatic rings. The van der Waals surface area contributed by atoms with E-state index in [0.29, 0.717) is 10.5 Å². The second kappa shape index (κ2) is 3.17. The Morgan fingerprint density at radius 1 is 1.43 bits per heavy atom. The molecule has 0 radical (unpaired) electrons. The number of rotatable bonds is 1. The predicted molar refractivity (Wildman–Crippen MR) is 58.0 cm³/mol.